The van der Waals surface area contributed by atoms with Crippen LogP contribution in [0.15, 0.2) is 12.3 Å². The summed E-state index contributed by atoms with van der Waals surface area (Å²) in [6, 6.07) is 1.88. The van der Waals surface area contributed by atoms with Gasteiger partial charge in [-0.25, -0.2) is 0 Å². The number of carboxylic acids is 1. The van der Waals surface area contributed by atoms with E-state index in [4.69, 9.17) is 5.11 Å². The van der Waals surface area contributed by atoms with Crippen molar-refractivity contribution in [3.63, 3.8) is 0 Å². The van der Waals surface area contributed by atoms with Crippen molar-refractivity contribution in [1.29, 1.82) is 0 Å². The van der Waals surface area contributed by atoms with Crippen LogP contribution < -0.4 is 0 Å². The lowest BCUT2D eigenvalue weighted by Gasteiger charge is -2.16. The van der Waals surface area contributed by atoms with Crippen LogP contribution in [0.2, 0.25) is 0 Å². The van der Waals surface area contributed by atoms with E-state index in [0.717, 1.165) is 12.2 Å². The number of aromatic nitrogens is 2. The van der Waals surface area contributed by atoms with E-state index in [-0.39, 0.29) is 11.8 Å². The van der Waals surface area contributed by atoms with Gasteiger partial charge in [0.1, 0.15) is 0 Å². The SMILES string of the molecule is CCn1nccc1C(C)C(C)C(=O)O. The molecule has 0 saturated carbocycles. The molecular formula is C10H16N2O2. The molecular weight excluding hydrogens is 180 g/mol. The maximum absolute atomic E-state index is 10.8. The van der Waals surface area contributed by atoms with Crippen molar-refractivity contribution in [2.75, 3.05) is 0 Å². The Kier molecular flexibility index (Phi) is 3.28. The largest absolute Gasteiger partial charge is 0.481 e. The molecule has 2 atom stereocenters. The Balaban J connectivity index is 2.88. The van der Waals surface area contributed by atoms with E-state index in [1.54, 1.807) is 13.1 Å². The Morgan fingerprint density at radius 3 is 2.79 bits per heavy atom. The van der Waals surface area contributed by atoms with Crippen LogP contribution in [0, 0.1) is 5.92 Å². The van der Waals surface area contributed by atoms with Gasteiger partial charge >= 0.3 is 5.97 Å². The number of hydrogen-bond acceptors (Lipinski definition) is 2. The van der Waals surface area contributed by atoms with Gasteiger partial charge in [0.15, 0.2) is 0 Å². The van der Waals surface area contributed by atoms with Gasteiger partial charge in [-0.15, -0.1) is 0 Å². The second kappa shape index (κ2) is 4.26. The van der Waals surface area contributed by atoms with Gasteiger partial charge < -0.3 is 5.11 Å². The lowest BCUT2D eigenvalue weighted by atomic mass is 9.93. The third-order valence-corrected chi connectivity index (χ3v) is 2.65. The van der Waals surface area contributed by atoms with Crippen LogP contribution in [0.5, 0.6) is 0 Å². The van der Waals surface area contributed by atoms with Crippen LogP contribution >= 0.6 is 0 Å². The Morgan fingerprint density at radius 1 is 1.64 bits per heavy atom. The van der Waals surface area contributed by atoms with Gasteiger partial charge in [-0.05, 0) is 13.0 Å². The van der Waals surface area contributed by atoms with Crippen molar-refractivity contribution in [2.45, 2.75) is 33.2 Å². The topological polar surface area (TPSA) is 55.1 Å². The summed E-state index contributed by atoms with van der Waals surface area (Å²) in [5.74, 6) is -1.15. The molecule has 0 saturated heterocycles. The van der Waals surface area contributed by atoms with Gasteiger partial charge in [0.25, 0.3) is 0 Å². The van der Waals surface area contributed by atoms with Crippen LogP contribution in [0.4, 0.5) is 0 Å². The van der Waals surface area contributed by atoms with Crippen molar-refractivity contribution in [2.24, 2.45) is 5.92 Å². The summed E-state index contributed by atoms with van der Waals surface area (Å²) in [4.78, 5) is 10.8. The van der Waals surface area contributed by atoms with Crippen molar-refractivity contribution in [3.8, 4) is 0 Å². The highest BCUT2D eigenvalue weighted by Gasteiger charge is 2.23. The molecule has 0 spiro atoms. The summed E-state index contributed by atoms with van der Waals surface area (Å²) in [7, 11) is 0. The summed E-state index contributed by atoms with van der Waals surface area (Å²) < 4.78 is 1.84. The number of aliphatic carboxylic acids is 1. The number of rotatable bonds is 4. The number of nitrogens with zero attached hydrogens (tertiary/aromatic N) is 2. The Labute approximate surface area is 83.5 Å². The predicted molar refractivity (Wildman–Crippen MR) is 53.1 cm³/mol. The fraction of sp³-hybridized carbons (Fsp3) is 0.600. The minimum Gasteiger partial charge on any atom is -0.481 e. The van der Waals surface area contributed by atoms with E-state index in [2.05, 4.69) is 5.10 Å². The molecule has 0 aliphatic rings. The Morgan fingerprint density at radius 2 is 2.29 bits per heavy atom. The molecule has 0 radical (unpaired) electrons. The van der Waals surface area contributed by atoms with E-state index in [1.807, 2.05) is 24.6 Å². The van der Waals surface area contributed by atoms with Crippen LogP contribution in [-0.4, -0.2) is 20.9 Å². The lowest BCUT2D eigenvalue weighted by Crippen LogP contribution is -2.19. The molecule has 1 heterocycles. The van der Waals surface area contributed by atoms with Gasteiger partial charge in [-0.1, -0.05) is 13.8 Å². The van der Waals surface area contributed by atoms with E-state index in [0.29, 0.717) is 0 Å². The van der Waals surface area contributed by atoms with Crippen LogP contribution in [0.25, 0.3) is 0 Å². The smallest absolute Gasteiger partial charge is 0.306 e. The van der Waals surface area contributed by atoms with Gasteiger partial charge in [-0.2, -0.15) is 5.10 Å². The summed E-state index contributed by atoms with van der Waals surface area (Å²) in [5.41, 5.74) is 0.988. The zero-order chi connectivity index (χ0) is 10.7. The average molecular weight is 196 g/mol. The first-order valence-electron chi connectivity index (χ1n) is 4.82. The van der Waals surface area contributed by atoms with E-state index in [1.165, 1.54) is 0 Å². The molecule has 2 unspecified atom stereocenters. The van der Waals surface area contributed by atoms with Gasteiger partial charge in [-0.3, -0.25) is 9.48 Å². The molecule has 0 bridgehead atoms. The molecule has 4 nitrogen and oxygen atoms in total. The highest BCUT2D eigenvalue weighted by Crippen LogP contribution is 2.23. The predicted octanol–water partition coefficient (Wildman–Crippen LogP) is 1.73. The molecule has 1 rings (SSSR count). The van der Waals surface area contributed by atoms with E-state index in [9.17, 15) is 4.79 Å². The van der Waals surface area contributed by atoms with Crippen LogP contribution in [-0.2, 0) is 11.3 Å². The Bertz CT molecular complexity index is 320. The Hall–Kier alpha value is -1.32. The third-order valence-electron chi connectivity index (χ3n) is 2.65. The summed E-state index contributed by atoms with van der Waals surface area (Å²) in [6.45, 7) is 6.41. The first-order chi connectivity index (χ1) is 6.57. The highest BCUT2D eigenvalue weighted by atomic mass is 16.4. The molecule has 1 N–H and O–H groups in total. The maximum Gasteiger partial charge on any atom is 0.306 e. The minimum atomic E-state index is -0.763. The number of carbonyl (C=O) groups is 1. The van der Waals surface area contributed by atoms with Gasteiger partial charge in [0, 0.05) is 24.4 Å². The van der Waals surface area contributed by atoms with E-state index >= 15 is 0 Å². The van der Waals surface area contributed by atoms with Crippen molar-refractivity contribution < 1.29 is 9.90 Å². The minimum absolute atomic E-state index is 0.00468. The van der Waals surface area contributed by atoms with Crippen molar-refractivity contribution >= 4 is 5.97 Å². The first kappa shape index (κ1) is 10.8. The maximum atomic E-state index is 10.8. The standard InChI is InChI=1S/C10H16N2O2/c1-4-12-9(5-6-11-12)7(2)8(3)10(13)14/h5-8H,4H2,1-3H3,(H,13,14). The normalized spacial score (nSPS) is 15.1. The fourth-order valence-corrected chi connectivity index (χ4v) is 1.46. The van der Waals surface area contributed by atoms with Crippen molar-refractivity contribution in [1.82, 2.24) is 9.78 Å². The summed E-state index contributed by atoms with van der Waals surface area (Å²) in [5, 5.41) is 13.0. The molecule has 1 aromatic rings. The monoisotopic (exact) mass is 196 g/mol. The lowest BCUT2D eigenvalue weighted by molar-refractivity contribution is -0.141. The molecule has 78 valence electrons. The second-order valence-corrected chi connectivity index (χ2v) is 3.49. The second-order valence-electron chi connectivity index (χ2n) is 3.49. The zero-order valence-electron chi connectivity index (χ0n) is 8.77. The van der Waals surface area contributed by atoms with Crippen LogP contribution in [0.3, 0.4) is 0 Å². The first-order valence-corrected chi connectivity index (χ1v) is 4.82. The number of hydrogen-bond donors (Lipinski definition) is 1. The van der Waals surface area contributed by atoms with Crippen molar-refractivity contribution in [3.05, 3.63) is 18.0 Å². The average Bonchev–Trinajstić information content (AvgIpc) is 2.62. The molecule has 0 aliphatic heterocycles. The third kappa shape index (κ3) is 1.95. The summed E-state index contributed by atoms with van der Waals surface area (Å²) in [6.07, 6.45) is 1.71. The number of aryl methyl sites for hydroxylation is 1. The molecule has 0 aliphatic carbocycles. The number of carboxylic acid groups (broad SMARTS) is 1. The fourth-order valence-electron chi connectivity index (χ4n) is 1.46. The summed E-state index contributed by atoms with van der Waals surface area (Å²) >= 11 is 0. The highest BCUT2D eigenvalue weighted by molar-refractivity contribution is 5.70. The molecule has 14 heavy (non-hydrogen) atoms. The van der Waals surface area contributed by atoms with Crippen LogP contribution in [0.1, 0.15) is 32.4 Å². The van der Waals surface area contributed by atoms with Gasteiger partial charge in [0.05, 0.1) is 5.92 Å². The molecule has 4 heteroatoms. The quantitative estimate of drug-likeness (QED) is 0.797. The van der Waals surface area contributed by atoms with Gasteiger partial charge in [0.2, 0.25) is 0 Å². The van der Waals surface area contributed by atoms with E-state index < -0.39 is 5.97 Å². The molecule has 0 fully saturated rings. The zero-order valence-corrected chi connectivity index (χ0v) is 8.77. The molecule has 0 aromatic carbocycles. The molecule has 0 amide bonds. The molecule has 1 aromatic heterocycles.